The highest BCUT2D eigenvalue weighted by Crippen LogP contribution is 2.21. The van der Waals surface area contributed by atoms with E-state index in [0.717, 1.165) is 11.1 Å². The molecule has 0 aliphatic carbocycles. The van der Waals surface area contributed by atoms with Crippen molar-refractivity contribution < 1.29 is 13.3 Å². The maximum absolute atomic E-state index is 11.8. The molecule has 0 saturated heterocycles. The predicted octanol–water partition coefficient (Wildman–Crippen LogP) is 2.91. The summed E-state index contributed by atoms with van der Waals surface area (Å²) in [6.45, 7) is 1.11. The summed E-state index contributed by atoms with van der Waals surface area (Å²) in [7, 11) is -3.15. The van der Waals surface area contributed by atoms with Gasteiger partial charge in [0.05, 0.1) is 10.7 Å². The van der Waals surface area contributed by atoms with Crippen LogP contribution in [0.1, 0.15) is 11.1 Å². The van der Waals surface area contributed by atoms with Gasteiger partial charge in [-0.1, -0.05) is 48.5 Å². The average molecular weight is 358 g/mol. The van der Waals surface area contributed by atoms with Crippen LogP contribution in [0.2, 0.25) is 0 Å². The lowest BCUT2D eigenvalue weighted by molar-refractivity contribution is -0.384. The summed E-state index contributed by atoms with van der Waals surface area (Å²) < 4.78 is 23.6. The van der Waals surface area contributed by atoms with Gasteiger partial charge in [-0.2, -0.15) is 0 Å². The van der Waals surface area contributed by atoms with Crippen molar-refractivity contribution in [2.75, 3.05) is 5.75 Å². The van der Waals surface area contributed by atoms with Crippen LogP contribution >= 0.6 is 0 Å². The molecule has 0 radical (unpaired) electrons. The van der Waals surface area contributed by atoms with Crippen molar-refractivity contribution in [3.63, 3.8) is 0 Å². The Morgan fingerprint density at radius 3 is 2.12 bits per heavy atom. The van der Waals surface area contributed by atoms with E-state index in [0.29, 0.717) is 13.1 Å². The zero-order valence-electron chi connectivity index (χ0n) is 13.5. The second-order valence-electron chi connectivity index (χ2n) is 6.04. The molecule has 0 unspecified atom stereocenters. The van der Waals surface area contributed by atoms with Gasteiger partial charge in [0.25, 0.3) is 5.69 Å². The SMILES string of the molecule is O=[N+]([O-])c1ccc(CN(Cc2ccccc2)[C@@H]2C=CS(=O)(=O)C2)cc1. The van der Waals surface area contributed by atoms with Crippen LogP contribution in [0.15, 0.2) is 66.1 Å². The summed E-state index contributed by atoms with van der Waals surface area (Å²) in [5.74, 6) is 0.0623. The van der Waals surface area contributed by atoms with Crippen LogP contribution in [0.5, 0.6) is 0 Å². The lowest BCUT2D eigenvalue weighted by atomic mass is 10.1. The molecule has 0 N–H and O–H groups in total. The van der Waals surface area contributed by atoms with Crippen molar-refractivity contribution >= 4 is 15.5 Å². The molecule has 3 rings (SSSR count). The minimum Gasteiger partial charge on any atom is -0.287 e. The van der Waals surface area contributed by atoms with E-state index in [9.17, 15) is 18.5 Å². The van der Waals surface area contributed by atoms with E-state index in [1.807, 2.05) is 30.3 Å². The zero-order chi connectivity index (χ0) is 17.9. The number of sulfone groups is 1. The van der Waals surface area contributed by atoms with Crippen LogP contribution in [0.4, 0.5) is 5.69 Å². The molecule has 2 aromatic rings. The highest BCUT2D eigenvalue weighted by Gasteiger charge is 2.27. The molecule has 0 bridgehead atoms. The van der Waals surface area contributed by atoms with Crippen LogP contribution in [0, 0.1) is 10.1 Å². The standard InChI is InChI=1S/C18H18N2O4S/c21-20(22)17-8-6-16(7-9-17)13-19(12-15-4-2-1-3-5-15)18-10-11-25(23,24)14-18/h1-11,18H,12-14H2/t18-/m1/s1. The Hall–Kier alpha value is -2.51. The van der Waals surface area contributed by atoms with E-state index >= 15 is 0 Å². The fourth-order valence-corrected chi connectivity index (χ4v) is 4.18. The van der Waals surface area contributed by atoms with E-state index in [1.54, 1.807) is 18.2 Å². The van der Waals surface area contributed by atoms with Gasteiger partial charge < -0.3 is 0 Å². The first-order valence-electron chi connectivity index (χ1n) is 7.85. The fourth-order valence-electron chi connectivity index (χ4n) is 2.85. The maximum atomic E-state index is 11.8. The van der Waals surface area contributed by atoms with Crippen LogP contribution < -0.4 is 0 Å². The zero-order valence-corrected chi connectivity index (χ0v) is 14.3. The molecule has 0 fully saturated rings. The first kappa shape index (κ1) is 17.3. The number of rotatable bonds is 6. The Labute approximate surface area is 146 Å². The molecule has 130 valence electrons. The first-order valence-corrected chi connectivity index (χ1v) is 9.57. The van der Waals surface area contributed by atoms with Crippen LogP contribution in [-0.2, 0) is 22.9 Å². The number of hydrogen-bond acceptors (Lipinski definition) is 5. The largest absolute Gasteiger partial charge is 0.287 e. The Bertz CT molecular complexity index is 877. The van der Waals surface area contributed by atoms with E-state index < -0.39 is 14.8 Å². The molecule has 25 heavy (non-hydrogen) atoms. The minimum absolute atomic E-state index is 0.0432. The minimum atomic E-state index is -3.15. The third-order valence-corrected chi connectivity index (χ3v) is 5.52. The summed E-state index contributed by atoms with van der Waals surface area (Å²) in [4.78, 5) is 12.4. The molecule has 7 heteroatoms. The van der Waals surface area contributed by atoms with Crippen molar-refractivity contribution in [2.24, 2.45) is 0 Å². The summed E-state index contributed by atoms with van der Waals surface area (Å²) >= 11 is 0. The monoisotopic (exact) mass is 358 g/mol. The number of nitrogens with zero attached hydrogens (tertiary/aromatic N) is 2. The highest BCUT2D eigenvalue weighted by molar-refractivity contribution is 7.94. The first-order chi connectivity index (χ1) is 11.9. The normalized spacial score (nSPS) is 18.5. The van der Waals surface area contributed by atoms with Crippen molar-refractivity contribution in [1.82, 2.24) is 4.90 Å². The molecule has 0 amide bonds. The lowest BCUT2D eigenvalue weighted by Crippen LogP contribution is -2.35. The molecule has 6 nitrogen and oxygen atoms in total. The summed E-state index contributed by atoms with van der Waals surface area (Å²) in [6.07, 6.45) is 1.71. The molecule has 0 aromatic heterocycles. The molecule has 2 aromatic carbocycles. The van der Waals surface area contributed by atoms with Gasteiger partial charge in [-0.25, -0.2) is 8.42 Å². The van der Waals surface area contributed by atoms with Gasteiger partial charge >= 0.3 is 0 Å². The molecule has 0 saturated carbocycles. The molecule has 1 atom stereocenters. The maximum Gasteiger partial charge on any atom is 0.269 e. The third-order valence-electron chi connectivity index (χ3n) is 4.14. The number of nitro benzene ring substituents is 1. The van der Waals surface area contributed by atoms with E-state index in [2.05, 4.69) is 4.90 Å². The van der Waals surface area contributed by atoms with Gasteiger partial charge in [-0.3, -0.25) is 15.0 Å². The number of nitro groups is 1. The second kappa shape index (κ2) is 7.16. The van der Waals surface area contributed by atoms with Gasteiger partial charge in [0.15, 0.2) is 9.84 Å². The van der Waals surface area contributed by atoms with Crippen molar-refractivity contribution in [1.29, 1.82) is 0 Å². The van der Waals surface area contributed by atoms with E-state index in [-0.39, 0.29) is 17.5 Å². The fraction of sp³-hybridized carbons (Fsp3) is 0.222. The summed E-state index contributed by atoms with van der Waals surface area (Å²) in [5.41, 5.74) is 2.03. The predicted molar refractivity (Wildman–Crippen MR) is 95.5 cm³/mol. The smallest absolute Gasteiger partial charge is 0.269 e. The van der Waals surface area contributed by atoms with Crippen molar-refractivity contribution in [2.45, 2.75) is 19.1 Å². The number of non-ortho nitro benzene ring substituents is 1. The van der Waals surface area contributed by atoms with Gasteiger partial charge in [-0.15, -0.1) is 0 Å². The van der Waals surface area contributed by atoms with Gasteiger partial charge in [0, 0.05) is 36.7 Å². The van der Waals surface area contributed by atoms with Crippen LogP contribution in [-0.4, -0.2) is 30.0 Å². The lowest BCUT2D eigenvalue weighted by Gasteiger charge is -2.27. The molecular formula is C18H18N2O4S. The van der Waals surface area contributed by atoms with Gasteiger partial charge in [0.1, 0.15) is 0 Å². The van der Waals surface area contributed by atoms with Crippen LogP contribution in [0.3, 0.4) is 0 Å². The van der Waals surface area contributed by atoms with Crippen molar-refractivity contribution in [3.8, 4) is 0 Å². The topological polar surface area (TPSA) is 80.5 Å². The summed E-state index contributed by atoms with van der Waals surface area (Å²) in [5, 5.41) is 12.0. The Morgan fingerprint density at radius 2 is 1.60 bits per heavy atom. The molecular weight excluding hydrogens is 340 g/mol. The molecule has 0 spiro atoms. The quantitative estimate of drug-likeness (QED) is 0.586. The molecule has 1 aliphatic rings. The summed E-state index contributed by atoms with van der Waals surface area (Å²) in [6, 6.07) is 16.0. The molecule has 1 heterocycles. The third kappa shape index (κ3) is 4.52. The number of benzene rings is 2. The Morgan fingerprint density at radius 1 is 1.00 bits per heavy atom. The Balaban J connectivity index is 1.81. The highest BCUT2D eigenvalue weighted by atomic mass is 32.2. The van der Waals surface area contributed by atoms with Gasteiger partial charge in [0.2, 0.25) is 0 Å². The van der Waals surface area contributed by atoms with E-state index in [1.165, 1.54) is 17.5 Å². The van der Waals surface area contributed by atoms with Gasteiger partial charge in [-0.05, 0) is 11.1 Å². The number of hydrogen-bond donors (Lipinski definition) is 0. The van der Waals surface area contributed by atoms with Crippen LogP contribution in [0.25, 0.3) is 0 Å². The van der Waals surface area contributed by atoms with Crippen molar-refractivity contribution in [3.05, 3.63) is 87.3 Å². The van der Waals surface area contributed by atoms with E-state index in [4.69, 9.17) is 0 Å². The average Bonchev–Trinajstić information content (AvgIpc) is 2.96. The molecule has 1 aliphatic heterocycles. The Kier molecular flexibility index (Phi) is 4.96. The second-order valence-corrected chi connectivity index (χ2v) is 7.97.